The minimum absolute atomic E-state index is 0.0938. The fourth-order valence-electron chi connectivity index (χ4n) is 2.21. The van der Waals surface area contributed by atoms with E-state index >= 15 is 0 Å². The van der Waals surface area contributed by atoms with Gasteiger partial charge in [0.15, 0.2) is 15.7 Å². The molecule has 8 heteroatoms. The van der Waals surface area contributed by atoms with Crippen LogP contribution in [0.15, 0.2) is 9.90 Å². The third kappa shape index (κ3) is 5.11. The number of sulfone groups is 1. The summed E-state index contributed by atoms with van der Waals surface area (Å²) in [5, 5.41) is 5.87. The van der Waals surface area contributed by atoms with Crippen molar-refractivity contribution in [3.8, 4) is 0 Å². The van der Waals surface area contributed by atoms with Crippen LogP contribution >= 0.6 is 11.3 Å². The van der Waals surface area contributed by atoms with E-state index in [1.807, 2.05) is 5.38 Å². The van der Waals surface area contributed by atoms with E-state index in [1.165, 1.54) is 11.3 Å². The molecule has 24 heavy (non-hydrogen) atoms. The van der Waals surface area contributed by atoms with Crippen LogP contribution in [0.3, 0.4) is 0 Å². The van der Waals surface area contributed by atoms with Crippen LogP contribution in [0.25, 0.3) is 0 Å². The van der Waals surface area contributed by atoms with Gasteiger partial charge in [-0.15, -0.1) is 11.3 Å². The van der Waals surface area contributed by atoms with Crippen molar-refractivity contribution in [2.24, 2.45) is 0 Å². The van der Waals surface area contributed by atoms with Crippen LogP contribution in [0.1, 0.15) is 74.1 Å². The Bertz CT molecular complexity index is 737. The van der Waals surface area contributed by atoms with Crippen molar-refractivity contribution in [1.29, 1.82) is 0 Å². The molecule has 0 amide bonds. The molecule has 2 aromatic heterocycles. The lowest BCUT2D eigenvalue weighted by Gasteiger charge is -2.07. The summed E-state index contributed by atoms with van der Waals surface area (Å²) in [7, 11) is -3.43. The first-order valence-electron chi connectivity index (χ1n) is 8.43. The minimum Gasteiger partial charge on any atom is -0.338 e. The first-order chi connectivity index (χ1) is 11.5. The van der Waals surface area contributed by atoms with Crippen LogP contribution in [0.4, 0.5) is 0 Å². The molecule has 0 aliphatic carbocycles. The van der Waals surface area contributed by atoms with Crippen molar-refractivity contribution in [3.05, 3.63) is 27.8 Å². The van der Waals surface area contributed by atoms with Gasteiger partial charge in [-0.05, 0) is 26.2 Å². The Morgan fingerprint density at radius 2 is 1.88 bits per heavy atom. The zero-order chi connectivity index (χ0) is 17.6. The average Bonchev–Trinajstić information content (AvgIpc) is 3.19. The van der Waals surface area contributed by atoms with Crippen molar-refractivity contribution in [1.82, 2.24) is 15.1 Å². The maximum absolute atomic E-state index is 12.6. The molecule has 0 aromatic carbocycles. The highest BCUT2D eigenvalue weighted by Gasteiger charge is 2.29. The van der Waals surface area contributed by atoms with E-state index in [9.17, 15) is 8.42 Å². The second-order valence-corrected chi connectivity index (χ2v) is 9.20. The van der Waals surface area contributed by atoms with Gasteiger partial charge in [-0.2, -0.15) is 4.98 Å². The number of rotatable bonds is 10. The first-order valence-corrected chi connectivity index (χ1v) is 11.0. The smallest absolute Gasteiger partial charge is 0.244 e. The van der Waals surface area contributed by atoms with Crippen LogP contribution in [0.5, 0.6) is 0 Å². The Morgan fingerprint density at radius 3 is 2.58 bits per heavy atom. The van der Waals surface area contributed by atoms with Gasteiger partial charge in [0.1, 0.15) is 5.25 Å². The van der Waals surface area contributed by atoms with E-state index in [2.05, 4.69) is 29.0 Å². The van der Waals surface area contributed by atoms with Gasteiger partial charge in [-0.25, -0.2) is 13.4 Å². The Labute approximate surface area is 147 Å². The first kappa shape index (κ1) is 19.1. The molecular weight excluding hydrogens is 346 g/mol. The summed E-state index contributed by atoms with van der Waals surface area (Å²) in [5.74, 6) is 0.649. The van der Waals surface area contributed by atoms with E-state index in [4.69, 9.17) is 4.52 Å². The quantitative estimate of drug-likeness (QED) is 0.630. The van der Waals surface area contributed by atoms with E-state index in [0.717, 1.165) is 37.1 Å². The van der Waals surface area contributed by atoms with E-state index in [-0.39, 0.29) is 11.6 Å². The second-order valence-electron chi connectivity index (χ2n) is 5.94. The van der Waals surface area contributed by atoms with Crippen LogP contribution < -0.4 is 0 Å². The van der Waals surface area contributed by atoms with Gasteiger partial charge in [0.25, 0.3) is 0 Å². The molecule has 0 spiro atoms. The highest BCUT2D eigenvalue weighted by molar-refractivity contribution is 7.90. The van der Waals surface area contributed by atoms with Crippen molar-refractivity contribution in [2.75, 3.05) is 0 Å². The zero-order valence-corrected chi connectivity index (χ0v) is 16.1. The molecule has 2 rings (SSSR count). The molecule has 0 saturated heterocycles. The molecule has 2 heterocycles. The molecule has 2 aromatic rings. The molecule has 0 bridgehead atoms. The predicted molar refractivity (Wildman–Crippen MR) is 94.7 cm³/mol. The lowest BCUT2D eigenvalue weighted by atomic mass is 10.2. The molecule has 0 fully saturated rings. The van der Waals surface area contributed by atoms with E-state index < -0.39 is 15.1 Å². The third-order valence-corrected chi connectivity index (χ3v) is 6.75. The summed E-state index contributed by atoms with van der Waals surface area (Å²) >= 11 is 1.52. The van der Waals surface area contributed by atoms with Crippen molar-refractivity contribution in [2.45, 2.75) is 70.3 Å². The van der Waals surface area contributed by atoms with Crippen molar-refractivity contribution < 1.29 is 12.9 Å². The largest absolute Gasteiger partial charge is 0.338 e. The maximum atomic E-state index is 12.6. The summed E-state index contributed by atoms with van der Waals surface area (Å²) in [6.07, 6.45) is 5.77. The summed E-state index contributed by atoms with van der Waals surface area (Å²) in [6, 6.07) is 0. The van der Waals surface area contributed by atoms with Gasteiger partial charge < -0.3 is 4.52 Å². The van der Waals surface area contributed by atoms with Crippen molar-refractivity contribution in [3.63, 3.8) is 0 Å². The Kier molecular flexibility index (Phi) is 6.91. The topological polar surface area (TPSA) is 86.0 Å². The molecule has 6 nitrogen and oxygen atoms in total. The molecule has 0 radical (unpaired) electrons. The number of thiazole rings is 1. The standard InChI is InChI=1S/C16H25N3O3S2/c1-4-6-8-14-18-16(22-19-14)12(3)24(20,21)11-13-10-23-15(17-13)9-7-5-2/h10,12H,4-9,11H2,1-3H3/t12-/m1/s1. The summed E-state index contributed by atoms with van der Waals surface area (Å²) in [5.41, 5.74) is 0.601. The SMILES string of the molecule is CCCCc1noc([C@@H](C)S(=O)(=O)Cc2csc(CCCC)n2)n1. The van der Waals surface area contributed by atoms with Gasteiger partial charge in [-0.1, -0.05) is 31.8 Å². The Balaban J connectivity index is 2.03. The van der Waals surface area contributed by atoms with Crippen molar-refractivity contribution >= 4 is 21.2 Å². The van der Waals surface area contributed by atoms with Gasteiger partial charge in [-0.3, -0.25) is 0 Å². The fraction of sp³-hybridized carbons (Fsp3) is 0.688. The number of hydrogen-bond donors (Lipinski definition) is 0. The number of aromatic nitrogens is 3. The van der Waals surface area contributed by atoms with Gasteiger partial charge in [0, 0.05) is 11.8 Å². The second kappa shape index (κ2) is 8.71. The Morgan fingerprint density at radius 1 is 1.17 bits per heavy atom. The number of hydrogen-bond acceptors (Lipinski definition) is 7. The number of nitrogens with zero attached hydrogens (tertiary/aromatic N) is 3. The molecule has 134 valence electrons. The average molecular weight is 372 g/mol. The molecule has 0 aliphatic rings. The number of aryl methyl sites for hydroxylation is 2. The lowest BCUT2D eigenvalue weighted by molar-refractivity contribution is 0.370. The molecule has 0 saturated carbocycles. The van der Waals surface area contributed by atoms with E-state index in [0.29, 0.717) is 17.9 Å². The fourth-order valence-corrected chi connectivity index (χ4v) is 4.37. The molecule has 0 aliphatic heterocycles. The maximum Gasteiger partial charge on any atom is 0.244 e. The molecular formula is C16H25N3O3S2. The van der Waals surface area contributed by atoms with Crippen LogP contribution in [-0.2, 0) is 28.4 Å². The predicted octanol–water partition coefficient (Wildman–Crippen LogP) is 3.89. The molecule has 0 unspecified atom stereocenters. The lowest BCUT2D eigenvalue weighted by Crippen LogP contribution is -2.13. The van der Waals surface area contributed by atoms with Crippen LogP contribution in [0.2, 0.25) is 0 Å². The summed E-state index contributed by atoms with van der Waals surface area (Å²) in [4.78, 5) is 8.65. The van der Waals surface area contributed by atoms with E-state index in [1.54, 1.807) is 6.92 Å². The summed E-state index contributed by atoms with van der Waals surface area (Å²) in [6.45, 7) is 5.80. The monoisotopic (exact) mass is 371 g/mol. The molecule has 0 N–H and O–H groups in total. The third-order valence-electron chi connectivity index (χ3n) is 3.82. The van der Waals surface area contributed by atoms with Gasteiger partial charge >= 0.3 is 0 Å². The highest BCUT2D eigenvalue weighted by Crippen LogP contribution is 2.25. The summed E-state index contributed by atoms with van der Waals surface area (Å²) < 4.78 is 30.3. The Hall–Kier alpha value is -1.28. The van der Waals surface area contributed by atoms with Crippen LogP contribution in [0, 0.1) is 0 Å². The minimum atomic E-state index is -3.43. The van der Waals surface area contributed by atoms with Gasteiger partial charge in [0.05, 0.1) is 16.5 Å². The number of unbranched alkanes of at least 4 members (excludes halogenated alkanes) is 2. The normalized spacial score (nSPS) is 13.3. The zero-order valence-electron chi connectivity index (χ0n) is 14.5. The van der Waals surface area contributed by atoms with Gasteiger partial charge in [0.2, 0.25) is 5.89 Å². The molecule has 1 atom stereocenters. The van der Waals surface area contributed by atoms with Crippen LogP contribution in [-0.4, -0.2) is 23.5 Å². The highest BCUT2D eigenvalue weighted by atomic mass is 32.2.